The number of nitrogens with zero attached hydrogens (tertiary/aromatic N) is 1. The van der Waals surface area contributed by atoms with Gasteiger partial charge in [-0.3, -0.25) is 4.79 Å². The zero-order chi connectivity index (χ0) is 17.6. The molecule has 1 heterocycles. The number of amides is 1. The van der Waals surface area contributed by atoms with Crippen molar-refractivity contribution in [3.05, 3.63) is 65.2 Å². The Hall–Kier alpha value is -3.08. The number of benzene rings is 2. The largest absolute Gasteiger partial charge is 0.497 e. The van der Waals surface area contributed by atoms with Gasteiger partial charge in [-0.2, -0.15) is 0 Å². The Morgan fingerprint density at radius 1 is 1.28 bits per heavy atom. The highest BCUT2D eigenvalue weighted by Crippen LogP contribution is 2.23. The lowest BCUT2D eigenvalue weighted by Crippen LogP contribution is -2.16. The van der Waals surface area contributed by atoms with Gasteiger partial charge in [0.25, 0.3) is 5.91 Å². The summed E-state index contributed by atoms with van der Waals surface area (Å²) in [5.41, 5.74) is 2.82. The number of aliphatic imine (C=N–C) groups is 1. The van der Waals surface area contributed by atoms with Crippen LogP contribution in [0, 0.1) is 0 Å². The molecule has 0 saturated heterocycles. The van der Waals surface area contributed by atoms with Crippen molar-refractivity contribution >= 4 is 23.6 Å². The molecule has 25 heavy (non-hydrogen) atoms. The maximum Gasteiger partial charge on any atom is 0.256 e. The molecular weight excluding hydrogens is 316 g/mol. The average Bonchev–Trinajstić information content (AvgIpc) is 3.17. The minimum absolute atomic E-state index is 0.210. The third kappa shape index (κ3) is 3.71. The van der Waals surface area contributed by atoms with Crippen LogP contribution < -0.4 is 10.1 Å². The van der Waals surface area contributed by atoms with Crippen LogP contribution in [-0.2, 0) is 4.74 Å². The Balaban J connectivity index is 1.93. The molecule has 0 aliphatic carbocycles. The summed E-state index contributed by atoms with van der Waals surface area (Å²) in [7, 11) is 1.58. The van der Waals surface area contributed by atoms with Crippen molar-refractivity contribution in [3.63, 3.8) is 0 Å². The van der Waals surface area contributed by atoms with Crippen molar-refractivity contribution < 1.29 is 14.3 Å². The zero-order valence-electron chi connectivity index (χ0n) is 14.3. The summed E-state index contributed by atoms with van der Waals surface area (Å²) in [4.78, 5) is 17.2. The lowest BCUT2D eigenvalue weighted by atomic mass is 10.0. The monoisotopic (exact) mass is 336 g/mol. The quantitative estimate of drug-likeness (QED) is 0.904. The van der Waals surface area contributed by atoms with Crippen molar-refractivity contribution in [2.75, 3.05) is 25.6 Å². The summed E-state index contributed by atoms with van der Waals surface area (Å²) in [6, 6.07) is 12.9. The fraction of sp³-hybridized carbons (Fsp3) is 0.200. The number of anilines is 1. The number of para-hydroxylation sites is 1. The molecule has 0 unspecified atom stereocenters. The van der Waals surface area contributed by atoms with Gasteiger partial charge < -0.3 is 14.8 Å². The minimum atomic E-state index is -0.210. The van der Waals surface area contributed by atoms with Crippen LogP contribution in [0.15, 0.2) is 53.5 Å². The number of hydrogen-bond donors (Lipinski definition) is 1. The highest BCUT2D eigenvalue weighted by Gasteiger charge is 2.17. The van der Waals surface area contributed by atoms with Crippen LogP contribution in [0.3, 0.4) is 0 Å². The summed E-state index contributed by atoms with van der Waals surface area (Å²) in [6.45, 7) is 3.12. The molecule has 2 aromatic rings. The Bertz CT molecular complexity index is 841. The molecule has 1 aliphatic rings. The lowest BCUT2D eigenvalue weighted by molar-refractivity contribution is 0.102. The van der Waals surface area contributed by atoms with Crippen molar-refractivity contribution in [2.45, 2.75) is 6.92 Å². The molecule has 0 saturated carbocycles. The second-order valence-corrected chi connectivity index (χ2v) is 5.49. The van der Waals surface area contributed by atoms with E-state index in [1.165, 1.54) is 0 Å². The standard InChI is InChI=1S/C20H20N2O3/c1-3-6-14-9-10-15(24-2)13-17(14)19(23)22-18-8-5-4-7-16(18)20-21-11-12-25-20/h3-10,13H,11-12H2,1-2H3,(H,22,23)/b6-3+. The molecule has 1 amide bonds. The van der Waals surface area contributed by atoms with Gasteiger partial charge in [-0.25, -0.2) is 4.99 Å². The number of methoxy groups -OCH3 is 1. The molecule has 3 rings (SSSR count). The Morgan fingerprint density at radius 3 is 2.84 bits per heavy atom. The van der Waals surface area contributed by atoms with Gasteiger partial charge >= 0.3 is 0 Å². The number of ether oxygens (including phenoxy) is 2. The normalized spacial score (nSPS) is 13.4. The van der Waals surface area contributed by atoms with Crippen molar-refractivity contribution in [1.82, 2.24) is 0 Å². The summed E-state index contributed by atoms with van der Waals surface area (Å²) >= 11 is 0. The molecule has 0 radical (unpaired) electrons. The molecular formula is C20H20N2O3. The maximum atomic E-state index is 12.9. The average molecular weight is 336 g/mol. The zero-order valence-corrected chi connectivity index (χ0v) is 14.3. The van der Waals surface area contributed by atoms with Crippen LogP contribution in [-0.4, -0.2) is 32.1 Å². The fourth-order valence-electron chi connectivity index (χ4n) is 2.65. The third-order valence-electron chi connectivity index (χ3n) is 3.84. The summed E-state index contributed by atoms with van der Waals surface area (Å²) in [5.74, 6) is 0.989. The number of carbonyl (C=O) groups is 1. The number of carbonyl (C=O) groups excluding carboxylic acids is 1. The first-order valence-corrected chi connectivity index (χ1v) is 8.11. The Morgan fingerprint density at radius 2 is 2.12 bits per heavy atom. The molecule has 2 aromatic carbocycles. The van der Waals surface area contributed by atoms with Gasteiger partial charge in [0.15, 0.2) is 0 Å². The third-order valence-corrected chi connectivity index (χ3v) is 3.84. The van der Waals surface area contributed by atoms with E-state index in [2.05, 4.69) is 10.3 Å². The van der Waals surface area contributed by atoms with E-state index in [1.54, 1.807) is 13.2 Å². The van der Waals surface area contributed by atoms with Gasteiger partial charge in [0.1, 0.15) is 12.4 Å². The molecule has 1 N–H and O–H groups in total. The number of rotatable bonds is 5. The van der Waals surface area contributed by atoms with Crippen LogP contribution in [0.4, 0.5) is 5.69 Å². The molecule has 128 valence electrons. The van der Waals surface area contributed by atoms with Crippen molar-refractivity contribution in [2.24, 2.45) is 4.99 Å². The highest BCUT2D eigenvalue weighted by atomic mass is 16.5. The second kappa shape index (κ2) is 7.66. The minimum Gasteiger partial charge on any atom is -0.497 e. The summed E-state index contributed by atoms with van der Waals surface area (Å²) < 4.78 is 10.8. The Kier molecular flexibility index (Phi) is 5.14. The number of hydrogen-bond acceptors (Lipinski definition) is 4. The molecule has 0 fully saturated rings. The predicted octanol–water partition coefficient (Wildman–Crippen LogP) is 3.76. The van der Waals surface area contributed by atoms with Crippen LogP contribution >= 0.6 is 0 Å². The lowest BCUT2D eigenvalue weighted by Gasteiger charge is -2.13. The van der Waals surface area contributed by atoms with Gasteiger partial charge in [-0.1, -0.05) is 30.4 Å². The molecule has 5 nitrogen and oxygen atoms in total. The van der Waals surface area contributed by atoms with Crippen LogP contribution in [0.2, 0.25) is 0 Å². The van der Waals surface area contributed by atoms with E-state index >= 15 is 0 Å². The summed E-state index contributed by atoms with van der Waals surface area (Å²) in [5, 5.41) is 2.96. The van der Waals surface area contributed by atoms with Crippen molar-refractivity contribution in [1.29, 1.82) is 0 Å². The SMILES string of the molecule is C/C=C/c1ccc(OC)cc1C(=O)Nc1ccccc1C1=NCCO1. The first-order valence-electron chi connectivity index (χ1n) is 8.11. The van der Waals surface area contributed by atoms with Crippen LogP contribution in [0.1, 0.15) is 28.4 Å². The maximum absolute atomic E-state index is 12.9. The topological polar surface area (TPSA) is 59.9 Å². The molecule has 5 heteroatoms. The van der Waals surface area contributed by atoms with Gasteiger partial charge in [-0.05, 0) is 36.8 Å². The van der Waals surface area contributed by atoms with Crippen LogP contribution in [0.5, 0.6) is 5.75 Å². The van der Waals surface area contributed by atoms with Gasteiger partial charge in [-0.15, -0.1) is 0 Å². The van der Waals surface area contributed by atoms with Gasteiger partial charge in [0.05, 0.1) is 30.5 Å². The molecule has 0 bridgehead atoms. The Labute approximate surface area is 147 Å². The van der Waals surface area contributed by atoms with E-state index in [4.69, 9.17) is 9.47 Å². The molecule has 0 spiro atoms. The second-order valence-electron chi connectivity index (χ2n) is 5.49. The number of allylic oxidation sites excluding steroid dienone is 1. The van der Waals surface area contributed by atoms with Gasteiger partial charge in [0, 0.05) is 0 Å². The van der Waals surface area contributed by atoms with E-state index in [0.29, 0.717) is 36.0 Å². The van der Waals surface area contributed by atoms with E-state index in [-0.39, 0.29) is 5.91 Å². The molecule has 0 aromatic heterocycles. The molecule has 0 atom stereocenters. The smallest absolute Gasteiger partial charge is 0.256 e. The fourth-order valence-corrected chi connectivity index (χ4v) is 2.65. The van der Waals surface area contributed by atoms with E-state index in [1.807, 2.05) is 55.5 Å². The number of nitrogens with one attached hydrogen (secondary N) is 1. The van der Waals surface area contributed by atoms with E-state index in [9.17, 15) is 4.79 Å². The van der Waals surface area contributed by atoms with E-state index < -0.39 is 0 Å². The first kappa shape index (κ1) is 16.8. The van der Waals surface area contributed by atoms with Gasteiger partial charge in [0.2, 0.25) is 5.90 Å². The highest BCUT2D eigenvalue weighted by molar-refractivity contribution is 6.10. The molecule has 1 aliphatic heterocycles. The van der Waals surface area contributed by atoms with Crippen molar-refractivity contribution in [3.8, 4) is 5.75 Å². The first-order chi connectivity index (χ1) is 12.2. The van der Waals surface area contributed by atoms with Crippen LogP contribution in [0.25, 0.3) is 6.08 Å². The summed E-state index contributed by atoms with van der Waals surface area (Å²) in [6.07, 6.45) is 3.79. The predicted molar refractivity (Wildman–Crippen MR) is 99.5 cm³/mol. The van der Waals surface area contributed by atoms with E-state index in [0.717, 1.165) is 11.1 Å².